The second kappa shape index (κ2) is 11.9. The van der Waals surface area contributed by atoms with Gasteiger partial charge in [-0.3, -0.25) is 19.6 Å². The molecule has 174 valence electrons. The highest BCUT2D eigenvalue weighted by Gasteiger charge is 2.17. The van der Waals surface area contributed by atoms with Crippen LogP contribution in [0.5, 0.6) is 0 Å². The molecular formula is C24H28ClN5O3. The molecule has 1 aliphatic rings. The van der Waals surface area contributed by atoms with Crippen molar-refractivity contribution in [2.24, 2.45) is 0 Å². The third kappa shape index (κ3) is 7.36. The molecule has 0 spiro atoms. The number of ether oxygens (including phenoxy) is 1. The van der Waals surface area contributed by atoms with Gasteiger partial charge in [0.15, 0.2) is 5.69 Å². The van der Waals surface area contributed by atoms with Crippen LogP contribution in [0.25, 0.3) is 0 Å². The summed E-state index contributed by atoms with van der Waals surface area (Å²) in [4.78, 5) is 25.5. The molecule has 1 saturated heterocycles. The first-order chi connectivity index (χ1) is 16.2. The summed E-state index contributed by atoms with van der Waals surface area (Å²) >= 11 is 6.18. The van der Waals surface area contributed by atoms with Crippen LogP contribution in [0.1, 0.15) is 27.5 Å². The molecule has 0 saturated carbocycles. The lowest BCUT2D eigenvalue weighted by Gasteiger charge is -2.29. The Hall–Kier alpha value is -2.78. The number of nitrogens with one attached hydrogen (secondary N) is 1. The predicted molar refractivity (Wildman–Crippen MR) is 125 cm³/mol. The van der Waals surface area contributed by atoms with Gasteiger partial charge in [0.2, 0.25) is 5.89 Å². The molecule has 0 bridgehead atoms. The number of morpholine rings is 1. The number of rotatable bonds is 10. The molecule has 1 amide bonds. The fourth-order valence-corrected chi connectivity index (χ4v) is 3.88. The number of oxazole rings is 1. The van der Waals surface area contributed by atoms with E-state index in [1.165, 1.54) is 6.26 Å². The second-order valence-corrected chi connectivity index (χ2v) is 8.40. The Balaban J connectivity index is 1.37. The van der Waals surface area contributed by atoms with Crippen LogP contribution >= 0.6 is 11.6 Å². The summed E-state index contributed by atoms with van der Waals surface area (Å²) in [6.07, 6.45) is 4.80. The molecule has 1 N–H and O–H groups in total. The van der Waals surface area contributed by atoms with Crippen molar-refractivity contribution in [1.82, 2.24) is 25.1 Å². The first kappa shape index (κ1) is 23.4. The Morgan fingerprint density at radius 1 is 1.12 bits per heavy atom. The molecular weight excluding hydrogens is 442 g/mol. The summed E-state index contributed by atoms with van der Waals surface area (Å²) < 4.78 is 11.1. The van der Waals surface area contributed by atoms with Crippen molar-refractivity contribution in [2.45, 2.75) is 19.6 Å². The molecule has 0 aliphatic carbocycles. The lowest BCUT2D eigenvalue weighted by atomic mass is 10.2. The van der Waals surface area contributed by atoms with Gasteiger partial charge >= 0.3 is 0 Å². The van der Waals surface area contributed by atoms with Crippen molar-refractivity contribution < 1.29 is 13.9 Å². The molecule has 4 rings (SSSR count). The van der Waals surface area contributed by atoms with Crippen LogP contribution in [0.15, 0.2) is 59.5 Å². The van der Waals surface area contributed by atoms with E-state index in [0.29, 0.717) is 30.5 Å². The average molecular weight is 470 g/mol. The number of amides is 1. The molecule has 1 fully saturated rings. The Kier molecular flexibility index (Phi) is 8.43. The highest BCUT2D eigenvalue weighted by Crippen LogP contribution is 2.15. The fourth-order valence-electron chi connectivity index (χ4n) is 3.67. The van der Waals surface area contributed by atoms with E-state index in [1.54, 1.807) is 12.4 Å². The Bertz CT molecular complexity index is 1020. The van der Waals surface area contributed by atoms with Gasteiger partial charge in [-0.15, -0.1) is 0 Å². The van der Waals surface area contributed by atoms with Gasteiger partial charge in [0.05, 0.1) is 19.8 Å². The molecule has 0 unspecified atom stereocenters. The van der Waals surface area contributed by atoms with E-state index in [2.05, 4.69) is 31.2 Å². The van der Waals surface area contributed by atoms with Gasteiger partial charge in [0, 0.05) is 56.7 Å². The molecule has 0 radical (unpaired) electrons. The van der Waals surface area contributed by atoms with Crippen molar-refractivity contribution in [3.63, 3.8) is 0 Å². The number of carbonyl (C=O) groups is 1. The Morgan fingerprint density at radius 2 is 1.94 bits per heavy atom. The van der Waals surface area contributed by atoms with Gasteiger partial charge in [-0.1, -0.05) is 23.7 Å². The lowest BCUT2D eigenvalue weighted by molar-refractivity contribution is 0.0320. The van der Waals surface area contributed by atoms with Crippen LogP contribution < -0.4 is 5.32 Å². The van der Waals surface area contributed by atoms with E-state index >= 15 is 0 Å². The molecule has 1 aromatic carbocycles. The average Bonchev–Trinajstić information content (AvgIpc) is 3.31. The van der Waals surface area contributed by atoms with E-state index in [0.717, 1.165) is 50.5 Å². The smallest absolute Gasteiger partial charge is 0.273 e. The zero-order valence-corrected chi connectivity index (χ0v) is 19.2. The number of carbonyl (C=O) groups excluding carboxylic acids is 1. The summed E-state index contributed by atoms with van der Waals surface area (Å²) in [7, 11) is 0. The first-order valence-electron chi connectivity index (χ1n) is 11.0. The van der Waals surface area contributed by atoms with Crippen LogP contribution in [0.4, 0.5) is 0 Å². The van der Waals surface area contributed by atoms with Crippen molar-refractivity contribution in [3.05, 3.63) is 82.8 Å². The third-order valence-electron chi connectivity index (χ3n) is 5.48. The maximum absolute atomic E-state index is 12.5. The van der Waals surface area contributed by atoms with Crippen molar-refractivity contribution in [2.75, 3.05) is 39.4 Å². The summed E-state index contributed by atoms with van der Waals surface area (Å²) in [6, 6.07) is 11.6. The minimum Gasteiger partial charge on any atom is -0.447 e. The van der Waals surface area contributed by atoms with E-state index in [1.807, 2.05) is 30.3 Å². The normalized spacial score (nSPS) is 14.5. The van der Waals surface area contributed by atoms with E-state index in [-0.39, 0.29) is 11.6 Å². The predicted octanol–water partition coefficient (Wildman–Crippen LogP) is 2.99. The number of nitrogens with zero attached hydrogens (tertiary/aromatic N) is 4. The summed E-state index contributed by atoms with van der Waals surface area (Å²) in [5.41, 5.74) is 2.36. The van der Waals surface area contributed by atoms with E-state index < -0.39 is 0 Å². The highest BCUT2D eigenvalue weighted by atomic mass is 35.5. The van der Waals surface area contributed by atoms with Crippen molar-refractivity contribution in [1.29, 1.82) is 0 Å². The standard InChI is InChI=1S/C24H28ClN5O3/c25-21-3-1-2-20(14-21)16-30(9-8-29-10-12-32-13-11-29)17-23-28-22(18-33-23)24(31)27-15-19-4-6-26-7-5-19/h1-7,14,18H,8-13,15-17H2,(H,27,31). The zero-order chi connectivity index (χ0) is 22.9. The van der Waals surface area contributed by atoms with Crippen LogP contribution in [-0.4, -0.2) is 65.1 Å². The fraction of sp³-hybridized carbons (Fsp3) is 0.375. The summed E-state index contributed by atoms with van der Waals surface area (Å²) in [5, 5.41) is 3.57. The van der Waals surface area contributed by atoms with Crippen molar-refractivity contribution in [3.8, 4) is 0 Å². The number of hydrogen-bond acceptors (Lipinski definition) is 7. The Morgan fingerprint density at radius 3 is 2.73 bits per heavy atom. The lowest BCUT2D eigenvalue weighted by Crippen LogP contribution is -2.41. The maximum atomic E-state index is 12.5. The van der Waals surface area contributed by atoms with Gasteiger partial charge in [0.1, 0.15) is 6.26 Å². The van der Waals surface area contributed by atoms with Gasteiger partial charge in [-0.2, -0.15) is 0 Å². The number of pyridine rings is 1. The van der Waals surface area contributed by atoms with Crippen LogP contribution in [0, 0.1) is 0 Å². The number of benzene rings is 1. The summed E-state index contributed by atoms with van der Waals surface area (Å²) in [5.74, 6) is 0.240. The second-order valence-electron chi connectivity index (χ2n) is 7.96. The largest absolute Gasteiger partial charge is 0.447 e. The highest BCUT2D eigenvalue weighted by molar-refractivity contribution is 6.30. The van der Waals surface area contributed by atoms with E-state index in [9.17, 15) is 4.79 Å². The van der Waals surface area contributed by atoms with Gasteiger partial charge in [-0.05, 0) is 35.4 Å². The van der Waals surface area contributed by atoms with Crippen molar-refractivity contribution >= 4 is 17.5 Å². The minimum absolute atomic E-state index is 0.267. The monoisotopic (exact) mass is 469 g/mol. The number of aromatic nitrogens is 2. The minimum atomic E-state index is -0.267. The molecule has 0 atom stereocenters. The zero-order valence-electron chi connectivity index (χ0n) is 18.5. The quantitative estimate of drug-likeness (QED) is 0.488. The van der Waals surface area contributed by atoms with Crippen LogP contribution in [0.2, 0.25) is 5.02 Å². The van der Waals surface area contributed by atoms with Crippen LogP contribution in [-0.2, 0) is 24.4 Å². The molecule has 3 aromatic rings. The van der Waals surface area contributed by atoms with Gasteiger partial charge < -0.3 is 14.5 Å². The van der Waals surface area contributed by atoms with Crippen LogP contribution in [0.3, 0.4) is 0 Å². The van der Waals surface area contributed by atoms with Gasteiger partial charge in [0.25, 0.3) is 5.91 Å². The molecule has 3 heterocycles. The first-order valence-corrected chi connectivity index (χ1v) is 11.4. The molecule has 8 nitrogen and oxygen atoms in total. The Labute approximate surface area is 198 Å². The SMILES string of the molecule is O=C(NCc1ccncc1)c1coc(CN(CCN2CCOCC2)Cc2cccc(Cl)c2)n1. The maximum Gasteiger partial charge on any atom is 0.273 e. The molecule has 1 aliphatic heterocycles. The molecule has 33 heavy (non-hydrogen) atoms. The van der Waals surface area contributed by atoms with Gasteiger partial charge in [-0.25, -0.2) is 4.98 Å². The molecule has 2 aromatic heterocycles. The summed E-state index contributed by atoms with van der Waals surface area (Å²) in [6.45, 7) is 6.77. The number of halogens is 1. The van der Waals surface area contributed by atoms with E-state index in [4.69, 9.17) is 20.8 Å². The number of hydrogen-bond donors (Lipinski definition) is 1. The topological polar surface area (TPSA) is 83.7 Å². The molecule has 9 heteroatoms. The third-order valence-corrected chi connectivity index (χ3v) is 5.71.